The number of pyridine rings is 1. The lowest BCUT2D eigenvalue weighted by Gasteiger charge is -2.35. The van der Waals surface area contributed by atoms with Crippen LogP contribution in [0.25, 0.3) is 10.9 Å². The average Bonchev–Trinajstić information content (AvgIpc) is 1.23. The third kappa shape index (κ3) is 35.0. The molecule has 3 aromatic heterocycles. The number of halogens is 1. The van der Waals surface area contributed by atoms with Crippen LogP contribution in [-0.4, -0.2) is 207 Å². The highest BCUT2D eigenvalue weighted by Gasteiger charge is 2.36. The van der Waals surface area contributed by atoms with E-state index in [0.717, 1.165) is 6.07 Å². The summed E-state index contributed by atoms with van der Waals surface area (Å²) in [5.41, 5.74) is 13.0. The van der Waals surface area contributed by atoms with Gasteiger partial charge in [-0.2, -0.15) is 81.0 Å². The van der Waals surface area contributed by atoms with Crippen LogP contribution in [-0.2, 0) is 72.4 Å². The highest BCUT2D eigenvalue weighted by atomic mass is 32.1. The lowest BCUT2D eigenvalue weighted by atomic mass is 9.98. The highest BCUT2D eigenvalue weighted by Crippen LogP contribution is 2.30. The van der Waals surface area contributed by atoms with Crippen LogP contribution in [0, 0.1) is 29.5 Å². The number of ether oxygens (including phenoxy) is 1. The zero-order chi connectivity index (χ0) is 92.0. The van der Waals surface area contributed by atoms with Crippen molar-refractivity contribution in [2.75, 3.05) is 67.9 Å². The molecular weight excluding hydrogens is 1830 g/mol. The van der Waals surface area contributed by atoms with Crippen molar-refractivity contribution in [3.05, 3.63) is 123 Å². The molecule has 15 amide bonds. The Morgan fingerprint density at radius 1 is 0.530 bits per heavy atom. The number of aromatic nitrogens is 7. The number of aromatic carboxylic acids is 1. The Bertz CT molecular complexity index is 4870. The van der Waals surface area contributed by atoms with E-state index in [1.54, 1.807) is 77.3 Å². The average molecular weight is 1960 g/mol. The molecule has 0 radical (unpaired) electrons. The molecule has 6 atom stereocenters. The van der Waals surface area contributed by atoms with Gasteiger partial charge in [-0.25, -0.2) is 32.9 Å². The number of amides is 15. The van der Waals surface area contributed by atoms with Gasteiger partial charge in [0.2, 0.25) is 64.5 Å². The zero-order valence-electron chi connectivity index (χ0n) is 76.0. The topological polar surface area (TPSA) is 533 Å². The van der Waals surface area contributed by atoms with Gasteiger partial charge in [0, 0.05) is 120 Å². The number of nitrogens with zero attached hydrogens (tertiary/aromatic N) is 11. The number of hydrogen-bond acceptors (Lipinski definition) is 22. The van der Waals surface area contributed by atoms with Crippen LogP contribution in [0.3, 0.4) is 0 Å². The van der Waals surface area contributed by atoms with E-state index >= 15 is 4.39 Å². The largest absolute Gasteiger partial charge is 0.477 e. The SMILES string of the molecule is CC(C)C[C@H](NC(=O)CCCCCN1C(=O)CCC1=O)C(=O)N[C@H](c1cn([C@@H](CCCNC(N)=O)C(=O)Nc2ccc(CO)cc2)nn1)C(C)C.CCn1cc(C(=O)O)c(=O)c2cc(F)c(N3CCN(C(=O)OCc4ccc(NC(=O)[C@H](CCCNC(N)=O)n5cc([C@@H](NC(=O)[C@@H](NC(=O)CCCCCN6C(=O)CCC6=O)C(C)C)C(C)C)nn5)cc4)CC3)cc21.S.S.S.S.S.S. The number of hydrogen-bond donors (Lipinski definition) is 12. The number of benzene rings is 3. The van der Waals surface area contributed by atoms with Crippen LogP contribution >= 0.6 is 81.0 Å². The Hall–Kier alpha value is -10.7. The van der Waals surface area contributed by atoms with E-state index in [9.17, 15) is 82.1 Å². The van der Waals surface area contributed by atoms with E-state index < -0.39 is 89.0 Å². The van der Waals surface area contributed by atoms with Crippen LogP contribution in [0.5, 0.6) is 0 Å². The van der Waals surface area contributed by atoms with Gasteiger partial charge in [0.05, 0.1) is 42.3 Å². The molecule has 46 heteroatoms. The molecule has 39 nitrogen and oxygen atoms in total. The third-order valence-electron chi connectivity index (χ3n) is 21.9. The zero-order valence-corrected chi connectivity index (χ0v) is 82.0. The first-order valence-electron chi connectivity index (χ1n) is 43.0. The van der Waals surface area contributed by atoms with Gasteiger partial charge >= 0.3 is 24.1 Å². The maximum atomic E-state index is 15.4. The van der Waals surface area contributed by atoms with Crippen molar-refractivity contribution in [1.82, 2.24) is 81.2 Å². The summed E-state index contributed by atoms with van der Waals surface area (Å²) in [5, 5.41) is 58.6. The second kappa shape index (κ2) is 57.7. The van der Waals surface area contributed by atoms with Crippen molar-refractivity contribution >= 4 is 192 Å². The first-order valence-corrected chi connectivity index (χ1v) is 43.0. The van der Waals surface area contributed by atoms with Crippen LogP contribution in [0.15, 0.2) is 84.0 Å². The first kappa shape index (κ1) is 117. The monoisotopic (exact) mass is 1960 g/mol. The summed E-state index contributed by atoms with van der Waals surface area (Å²) < 4.78 is 25.4. The number of primary amides is 2. The van der Waals surface area contributed by atoms with Crippen LogP contribution in [0.2, 0.25) is 0 Å². The van der Waals surface area contributed by atoms with E-state index in [4.69, 9.17) is 16.2 Å². The molecule has 0 aliphatic carbocycles. The summed E-state index contributed by atoms with van der Waals surface area (Å²) in [5.74, 6) is -5.38. The van der Waals surface area contributed by atoms with Gasteiger partial charge in [0.25, 0.3) is 0 Å². The minimum atomic E-state index is -1.39. The van der Waals surface area contributed by atoms with Crippen LogP contribution in [0.1, 0.15) is 229 Å². The number of piperazine rings is 1. The number of unbranched alkanes of at least 4 members (excludes halogenated alkanes) is 4. The number of aliphatic hydroxyl groups excluding tert-OH is 1. The molecule has 0 unspecified atom stereocenters. The number of carboxylic acids is 1. The summed E-state index contributed by atoms with van der Waals surface area (Å²) in [7, 11) is 0. The number of anilines is 3. The summed E-state index contributed by atoms with van der Waals surface area (Å²) in [4.78, 5) is 194. The molecule has 14 N–H and O–H groups in total. The van der Waals surface area contributed by atoms with E-state index in [-0.39, 0.29) is 260 Å². The van der Waals surface area contributed by atoms with Crippen LogP contribution < -0.4 is 64.3 Å². The van der Waals surface area contributed by atoms with Crippen molar-refractivity contribution in [2.45, 2.75) is 227 Å². The van der Waals surface area contributed by atoms with Gasteiger partial charge in [-0.1, -0.05) is 103 Å². The fourth-order valence-electron chi connectivity index (χ4n) is 14.8. The molecule has 0 spiro atoms. The Morgan fingerprint density at radius 2 is 0.977 bits per heavy atom. The number of likely N-dealkylation sites (tertiary alicyclic amines) is 2. The summed E-state index contributed by atoms with van der Waals surface area (Å²) >= 11 is 0. The summed E-state index contributed by atoms with van der Waals surface area (Å²) in [6.07, 6.45) is 10.4. The van der Waals surface area contributed by atoms with Gasteiger partial charge in [-0.15, -0.1) is 10.2 Å². The number of rotatable bonds is 45. The summed E-state index contributed by atoms with van der Waals surface area (Å²) in [6, 6.07) is 9.99. The van der Waals surface area contributed by atoms with Crippen molar-refractivity contribution in [3.63, 3.8) is 0 Å². The normalized spacial score (nSPS) is 14.2. The minimum Gasteiger partial charge on any atom is -0.477 e. The predicted molar refractivity (Wildman–Crippen MR) is 523 cm³/mol. The lowest BCUT2D eigenvalue weighted by Crippen LogP contribution is -2.51. The van der Waals surface area contributed by atoms with Gasteiger partial charge < -0.3 is 83.3 Å². The fraction of sp³-hybridized carbons (Fsp3) is 0.547. The predicted octanol–water partition coefficient (Wildman–Crippen LogP) is 7.33. The van der Waals surface area contributed by atoms with Gasteiger partial charge in [0.15, 0.2) is 0 Å². The Kier molecular flexibility index (Phi) is 51.3. The maximum absolute atomic E-state index is 15.4. The van der Waals surface area contributed by atoms with E-state index in [1.807, 2.05) is 55.4 Å². The number of carbonyl (C=O) groups excluding carboxylic acids is 13. The molecule has 3 fully saturated rings. The highest BCUT2D eigenvalue weighted by molar-refractivity contribution is 7.60. The fourth-order valence-corrected chi connectivity index (χ4v) is 14.8. The molecule has 3 aromatic carbocycles. The van der Waals surface area contributed by atoms with Crippen molar-refractivity contribution < 1.29 is 86.5 Å². The van der Waals surface area contributed by atoms with Crippen molar-refractivity contribution in [3.8, 4) is 0 Å². The standard InChI is InChI=1S/C51H67FN12O11.C35H53N9O7.6H2S/c1-6-60-27-35(49(71)72)46(68)34-25-36(52)40(26-39(34)60)61-21-23-62(24-22-61)51(74)75-29-32-13-15-33(16-14-32)55-47(69)38(11-10-19-54-50(53)73)64-28-37(58-59-64)44(30(2)3)57-48(70)45(31(4)5)56-41(65)12-8-7-9-20-63-42(66)17-18-43(63)67;1-22(2)19-26(39-29(46)10-6-5-7-18-43-30(47)15-16-31(43)48)33(49)40-32(23(3)4)27-20-44(42-41-27)28(9-8-17-37-35(36)51)34(50)38-25-13-11-24(21-45)12-14-25;;;;;;/h13-16,25-28,30-31,38,44-45H,6-12,17-24,29H2,1-5H3,(H,55,69)(H,56,65)(H,57,70)(H,71,72)(H3,53,54,73);11-14,20,22-23,26,28,32,45H,5-10,15-19,21H2,1-4H3,(H,38,50)(H,39,46)(H,40,49)(H3,36,37,51);6*1H2/t38-,44-,45-;26-,28-,32-;;;;;;/m00....../s1. The number of aryl methyl sites for hydroxylation is 1. The molecule has 6 heterocycles. The van der Waals surface area contributed by atoms with E-state index in [1.165, 1.54) is 36.3 Å². The molecule has 6 aromatic rings. The Balaban J connectivity index is 0.000000912. The van der Waals surface area contributed by atoms with E-state index in [0.29, 0.717) is 123 Å². The first-order chi connectivity index (χ1) is 60.0. The molecule has 3 aliphatic rings. The van der Waals surface area contributed by atoms with Gasteiger partial charge in [-0.3, -0.25) is 62.5 Å². The molecule has 732 valence electrons. The summed E-state index contributed by atoms with van der Waals surface area (Å²) in [6.45, 7) is 19.2. The van der Waals surface area contributed by atoms with Crippen molar-refractivity contribution in [2.24, 2.45) is 35.1 Å². The van der Waals surface area contributed by atoms with Crippen LogP contribution in [0.4, 0.5) is 35.8 Å². The number of carbonyl (C=O) groups is 14. The number of nitrogens with one attached hydrogen (secondary N) is 8. The number of aliphatic hydroxyl groups is 1. The number of fused-ring (bicyclic) bond motifs is 1. The smallest absolute Gasteiger partial charge is 0.410 e. The Labute approximate surface area is 808 Å². The molecule has 0 saturated carbocycles. The molecular formula is C86H132FN21O18S6. The molecule has 3 aliphatic heterocycles. The number of carboxylic acid groups (broad SMARTS) is 1. The number of urea groups is 2. The maximum Gasteiger partial charge on any atom is 0.410 e. The lowest BCUT2D eigenvalue weighted by molar-refractivity contribution is -0.140. The molecule has 132 heavy (non-hydrogen) atoms. The molecule has 9 rings (SSSR count). The Morgan fingerprint density at radius 3 is 1.39 bits per heavy atom. The second-order valence-corrected chi connectivity index (χ2v) is 33.0. The second-order valence-electron chi connectivity index (χ2n) is 33.0. The number of nitrogens with two attached hydrogens (primary N) is 2. The van der Waals surface area contributed by atoms with Gasteiger partial charge in [0.1, 0.15) is 53.5 Å². The number of imide groups is 2. The quantitative estimate of drug-likeness (QED) is 0.0131. The molecule has 3 saturated heterocycles. The minimum absolute atomic E-state index is 0. The van der Waals surface area contributed by atoms with E-state index in [2.05, 4.69) is 63.2 Å². The molecule has 0 bridgehead atoms. The third-order valence-corrected chi connectivity index (χ3v) is 21.9. The van der Waals surface area contributed by atoms with Crippen molar-refractivity contribution in [1.29, 1.82) is 0 Å². The van der Waals surface area contributed by atoms with Gasteiger partial charge in [-0.05, 0) is 136 Å².